The molecule has 0 radical (unpaired) electrons. The van der Waals surface area contributed by atoms with Gasteiger partial charge >= 0.3 is 0 Å². The molecule has 0 aromatic heterocycles. The molecule has 0 aliphatic carbocycles. The van der Waals surface area contributed by atoms with Gasteiger partial charge in [-0.25, -0.2) is 8.42 Å². The first-order chi connectivity index (χ1) is 22.3. The lowest BCUT2D eigenvalue weighted by atomic mass is 10.0. The molecule has 7 nitrogen and oxygen atoms in total. The fourth-order valence-corrected chi connectivity index (χ4v) is 7.24. The molecule has 0 heterocycles. The Bertz CT molecular complexity index is 1800. The second-order valence-electron chi connectivity index (χ2n) is 11.5. The number of hydrogen-bond acceptors (Lipinski definition) is 4. The van der Waals surface area contributed by atoms with Gasteiger partial charge in [0.05, 0.1) is 15.6 Å². The van der Waals surface area contributed by atoms with Crippen LogP contribution in [0, 0.1) is 12.8 Å². The summed E-state index contributed by atoms with van der Waals surface area (Å²) in [5, 5.41) is 3.81. The van der Waals surface area contributed by atoms with Crippen molar-refractivity contribution in [3.8, 4) is 0 Å². The Labute approximate surface area is 296 Å². The van der Waals surface area contributed by atoms with Crippen LogP contribution >= 0.6 is 46.4 Å². The van der Waals surface area contributed by atoms with Gasteiger partial charge in [-0.05, 0) is 60.9 Å². The Morgan fingerprint density at radius 3 is 2.06 bits per heavy atom. The minimum absolute atomic E-state index is 0.00712. The molecule has 0 aliphatic rings. The molecule has 0 saturated carbocycles. The summed E-state index contributed by atoms with van der Waals surface area (Å²) < 4.78 is 29.4. The van der Waals surface area contributed by atoms with Crippen LogP contribution in [-0.4, -0.2) is 44.3 Å². The molecule has 0 fully saturated rings. The van der Waals surface area contributed by atoms with E-state index in [0.717, 1.165) is 15.4 Å². The van der Waals surface area contributed by atoms with E-state index in [4.69, 9.17) is 46.4 Å². The van der Waals surface area contributed by atoms with Crippen molar-refractivity contribution in [1.29, 1.82) is 0 Å². The summed E-state index contributed by atoms with van der Waals surface area (Å²) in [6.07, 6.45) is 0.140. The number of sulfonamides is 1. The van der Waals surface area contributed by atoms with Crippen molar-refractivity contribution in [2.75, 3.05) is 17.4 Å². The fraction of sp³-hybridized carbons (Fsp3) is 0.257. The van der Waals surface area contributed by atoms with E-state index in [1.54, 1.807) is 30.3 Å². The van der Waals surface area contributed by atoms with Crippen LogP contribution in [0.15, 0.2) is 95.9 Å². The van der Waals surface area contributed by atoms with Crippen molar-refractivity contribution in [3.05, 3.63) is 128 Å². The normalized spacial score (nSPS) is 12.1. The Kier molecular flexibility index (Phi) is 12.6. The van der Waals surface area contributed by atoms with Gasteiger partial charge < -0.3 is 10.2 Å². The van der Waals surface area contributed by atoms with Crippen molar-refractivity contribution in [2.24, 2.45) is 5.92 Å². The number of anilines is 1. The molecule has 1 atom stereocenters. The molecule has 1 N–H and O–H groups in total. The number of aryl methyl sites for hydroxylation is 1. The van der Waals surface area contributed by atoms with Crippen molar-refractivity contribution in [3.63, 3.8) is 0 Å². The van der Waals surface area contributed by atoms with E-state index in [0.29, 0.717) is 22.2 Å². The molecule has 0 saturated heterocycles. The van der Waals surface area contributed by atoms with Gasteiger partial charge in [-0.1, -0.05) is 114 Å². The summed E-state index contributed by atoms with van der Waals surface area (Å²) in [5.74, 6) is -0.959. The molecule has 4 aromatic rings. The fourth-order valence-electron chi connectivity index (χ4n) is 4.86. The molecule has 0 bridgehead atoms. The minimum Gasteiger partial charge on any atom is -0.354 e. The average molecular weight is 736 g/mol. The third kappa shape index (κ3) is 9.42. The zero-order valence-electron chi connectivity index (χ0n) is 26.1. The number of rotatable bonds is 13. The second-order valence-corrected chi connectivity index (χ2v) is 15.0. The molecule has 0 spiro atoms. The van der Waals surface area contributed by atoms with Crippen LogP contribution in [0.25, 0.3) is 0 Å². The van der Waals surface area contributed by atoms with E-state index in [-0.39, 0.29) is 39.5 Å². The van der Waals surface area contributed by atoms with Gasteiger partial charge in [0.25, 0.3) is 10.0 Å². The lowest BCUT2D eigenvalue weighted by molar-refractivity contribution is -0.140. The minimum atomic E-state index is -4.36. The number of amides is 2. The highest BCUT2D eigenvalue weighted by atomic mass is 35.5. The van der Waals surface area contributed by atoms with Crippen molar-refractivity contribution >= 4 is 73.9 Å². The predicted molar refractivity (Wildman–Crippen MR) is 191 cm³/mol. The van der Waals surface area contributed by atoms with Gasteiger partial charge in [0.2, 0.25) is 11.8 Å². The maximum absolute atomic E-state index is 14.6. The third-order valence-corrected chi connectivity index (χ3v) is 10.4. The monoisotopic (exact) mass is 733 g/mol. The molecule has 12 heteroatoms. The van der Waals surface area contributed by atoms with Crippen LogP contribution < -0.4 is 9.62 Å². The molecular formula is C35H35Cl4N3O4S. The highest BCUT2D eigenvalue weighted by Crippen LogP contribution is 2.34. The zero-order chi connectivity index (χ0) is 34.3. The van der Waals surface area contributed by atoms with E-state index in [1.807, 2.05) is 51.1 Å². The van der Waals surface area contributed by atoms with E-state index in [2.05, 4.69) is 5.32 Å². The predicted octanol–water partition coefficient (Wildman–Crippen LogP) is 8.22. The molecular weight excluding hydrogens is 700 g/mol. The van der Waals surface area contributed by atoms with Crippen molar-refractivity contribution in [2.45, 2.75) is 44.7 Å². The highest BCUT2D eigenvalue weighted by Gasteiger charge is 2.36. The average Bonchev–Trinajstić information content (AvgIpc) is 3.03. The third-order valence-electron chi connectivity index (χ3n) is 7.41. The van der Waals surface area contributed by atoms with Gasteiger partial charge in [0, 0.05) is 40.1 Å². The molecule has 248 valence electrons. The van der Waals surface area contributed by atoms with Crippen molar-refractivity contribution in [1.82, 2.24) is 10.2 Å². The highest BCUT2D eigenvalue weighted by molar-refractivity contribution is 7.92. The summed E-state index contributed by atoms with van der Waals surface area (Å²) in [5.41, 5.74) is 2.06. The van der Waals surface area contributed by atoms with Gasteiger partial charge in [-0.15, -0.1) is 0 Å². The SMILES string of the molecule is Cc1ccc(S(=O)(=O)N(CC(=O)N(Cc2c(Cl)cccc2Cl)[C@@H](Cc2ccccc2)C(=O)NCC(C)C)c2cc(Cl)ccc2Cl)cc1. The Morgan fingerprint density at radius 2 is 1.45 bits per heavy atom. The summed E-state index contributed by atoms with van der Waals surface area (Å²) in [6.45, 7) is 5.24. The quantitative estimate of drug-likeness (QED) is 0.150. The summed E-state index contributed by atoms with van der Waals surface area (Å²) in [4.78, 5) is 29.8. The Balaban J connectivity index is 1.86. The van der Waals surface area contributed by atoms with Crippen LogP contribution in [0.2, 0.25) is 20.1 Å². The summed E-state index contributed by atoms with van der Waals surface area (Å²) in [7, 11) is -4.36. The van der Waals surface area contributed by atoms with E-state index in [1.165, 1.54) is 35.2 Å². The zero-order valence-corrected chi connectivity index (χ0v) is 29.9. The van der Waals surface area contributed by atoms with E-state index in [9.17, 15) is 18.0 Å². The number of carbonyl (C=O) groups is 2. The first-order valence-corrected chi connectivity index (χ1v) is 17.8. The standard InChI is InChI=1S/C35H35Cl4N3O4S/c1-23(2)20-40-35(44)33(18-25-8-5-4-6-9-25)41(21-28-29(37)10-7-11-30(28)38)34(43)22-42(32-19-26(36)14-17-31(32)39)47(45,46)27-15-12-24(3)13-16-27/h4-17,19,23,33H,18,20-22H2,1-3H3,(H,40,44)/t33-/m0/s1. The first-order valence-electron chi connectivity index (χ1n) is 14.9. The summed E-state index contributed by atoms with van der Waals surface area (Å²) in [6, 6.07) is 23.7. The topological polar surface area (TPSA) is 86.8 Å². The number of nitrogens with one attached hydrogen (secondary N) is 1. The van der Waals surface area contributed by atoms with Gasteiger partial charge in [-0.3, -0.25) is 13.9 Å². The van der Waals surface area contributed by atoms with Crippen LogP contribution in [0.3, 0.4) is 0 Å². The van der Waals surface area contributed by atoms with Gasteiger partial charge in [0.1, 0.15) is 12.6 Å². The van der Waals surface area contributed by atoms with Crippen LogP contribution in [0.4, 0.5) is 5.69 Å². The lowest BCUT2D eigenvalue weighted by Gasteiger charge is -2.34. The number of benzene rings is 4. The Morgan fingerprint density at radius 1 is 0.809 bits per heavy atom. The van der Waals surface area contributed by atoms with Gasteiger partial charge in [-0.2, -0.15) is 0 Å². The summed E-state index contributed by atoms with van der Waals surface area (Å²) >= 11 is 26.0. The number of carbonyl (C=O) groups excluding carboxylic acids is 2. The molecule has 4 rings (SSSR count). The number of nitrogens with zero attached hydrogens (tertiary/aromatic N) is 2. The maximum atomic E-state index is 14.6. The smallest absolute Gasteiger partial charge is 0.264 e. The Hall–Kier alpha value is -3.27. The molecule has 47 heavy (non-hydrogen) atoms. The first kappa shape index (κ1) is 36.6. The van der Waals surface area contributed by atoms with Crippen LogP contribution in [-0.2, 0) is 32.6 Å². The molecule has 2 amide bonds. The number of halogens is 4. The molecule has 0 aliphatic heterocycles. The van der Waals surface area contributed by atoms with E-state index < -0.39 is 34.4 Å². The van der Waals surface area contributed by atoms with Gasteiger partial charge in [0.15, 0.2) is 0 Å². The lowest BCUT2D eigenvalue weighted by Crippen LogP contribution is -2.53. The van der Waals surface area contributed by atoms with E-state index >= 15 is 0 Å². The molecule has 4 aromatic carbocycles. The number of hydrogen-bond donors (Lipinski definition) is 1. The maximum Gasteiger partial charge on any atom is 0.264 e. The van der Waals surface area contributed by atoms with Crippen LogP contribution in [0.5, 0.6) is 0 Å². The van der Waals surface area contributed by atoms with Crippen LogP contribution in [0.1, 0.15) is 30.5 Å². The van der Waals surface area contributed by atoms with Crippen molar-refractivity contribution < 1.29 is 18.0 Å². The molecule has 0 unspecified atom stereocenters. The second kappa shape index (κ2) is 16.2. The largest absolute Gasteiger partial charge is 0.354 e.